The summed E-state index contributed by atoms with van der Waals surface area (Å²) in [5.74, 6) is 1.42. The first-order chi connectivity index (χ1) is 10.8. The van der Waals surface area contributed by atoms with E-state index in [-0.39, 0.29) is 12.2 Å². The lowest BCUT2D eigenvalue weighted by Gasteiger charge is -2.10. The van der Waals surface area contributed by atoms with Gasteiger partial charge in [-0.05, 0) is 30.3 Å². The summed E-state index contributed by atoms with van der Waals surface area (Å²) in [4.78, 5) is 16.4. The zero-order chi connectivity index (χ0) is 15.2. The van der Waals surface area contributed by atoms with Gasteiger partial charge in [0.25, 0.3) is 0 Å². The zero-order valence-electron chi connectivity index (χ0n) is 12.0. The van der Waals surface area contributed by atoms with Crippen LogP contribution in [0.25, 0.3) is 0 Å². The van der Waals surface area contributed by atoms with Crippen LogP contribution in [0.1, 0.15) is 16.1 Å². The number of benzene rings is 2. The maximum atomic E-state index is 12.3. The number of carbonyl (C=O) groups is 1. The largest absolute Gasteiger partial charge is 0.457 e. The molecule has 0 atom stereocenters. The monoisotopic (exact) mass is 289 g/mol. The molecule has 1 heterocycles. The Morgan fingerprint density at radius 3 is 2.36 bits per heavy atom. The second-order valence-electron chi connectivity index (χ2n) is 4.84. The number of ketones is 1. The minimum atomic E-state index is -0.0234. The second kappa shape index (κ2) is 6.68. The number of hydrogen-bond donors (Lipinski definition) is 0. The first-order valence-corrected chi connectivity index (χ1v) is 7.08. The lowest BCUT2D eigenvalue weighted by atomic mass is 10.1. The number of nitrogens with zero attached hydrogens (tertiary/aromatic N) is 1. The van der Waals surface area contributed by atoms with Gasteiger partial charge in [-0.3, -0.25) is 9.78 Å². The lowest BCUT2D eigenvalue weighted by Crippen LogP contribution is -2.06. The third-order valence-corrected chi connectivity index (χ3v) is 3.25. The number of rotatable bonds is 5. The van der Waals surface area contributed by atoms with Crippen LogP contribution >= 0.6 is 0 Å². The predicted octanol–water partition coefficient (Wildman–Crippen LogP) is 4.30. The van der Waals surface area contributed by atoms with Crippen molar-refractivity contribution in [2.75, 3.05) is 0 Å². The Morgan fingerprint density at radius 2 is 1.59 bits per heavy atom. The lowest BCUT2D eigenvalue weighted by molar-refractivity contribution is 0.0987. The van der Waals surface area contributed by atoms with Crippen LogP contribution in [-0.4, -0.2) is 10.8 Å². The Morgan fingerprint density at radius 1 is 0.864 bits per heavy atom. The normalized spacial score (nSPS) is 10.2. The molecule has 22 heavy (non-hydrogen) atoms. The molecule has 3 nitrogen and oxygen atoms in total. The molecule has 0 saturated carbocycles. The molecule has 1 aromatic heterocycles. The van der Waals surface area contributed by atoms with Crippen molar-refractivity contribution >= 4 is 5.78 Å². The number of carbonyl (C=O) groups excluding carboxylic acids is 1. The molecule has 0 aliphatic rings. The predicted molar refractivity (Wildman–Crippen MR) is 85.2 cm³/mol. The molecule has 0 bridgehead atoms. The van der Waals surface area contributed by atoms with Crippen LogP contribution in [0.2, 0.25) is 0 Å². The van der Waals surface area contributed by atoms with E-state index in [4.69, 9.17) is 4.74 Å². The molecule has 0 aliphatic carbocycles. The van der Waals surface area contributed by atoms with Crippen molar-refractivity contribution in [3.63, 3.8) is 0 Å². The molecule has 0 unspecified atom stereocenters. The molecule has 3 aromatic rings. The standard InChI is InChI=1S/C19H15NO2/c21-18(17-11-6-7-13-20-17)14-15-8-4-5-12-19(15)22-16-9-2-1-3-10-16/h1-13H,14H2. The average Bonchev–Trinajstić information content (AvgIpc) is 2.58. The highest BCUT2D eigenvalue weighted by atomic mass is 16.5. The molecule has 108 valence electrons. The summed E-state index contributed by atoms with van der Waals surface area (Å²) in [5.41, 5.74) is 1.32. The van der Waals surface area contributed by atoms with E-state index in [0.717, 1.165) is 11.3 Å². The number of hydrogen-bond acceptors (Lipinski definition) is 3. The van der Waals surface area contributed by atoms with E-state index in [1.165, 1.54) is 0 Å². The van der Waals surface area contributed by atoms with Crippen LogP contribution in [0.5, 0.6) is 11.5 Å². The highest BCUT2D eigenvalue weighted by Crippen LogP contribution is 2.25. The number of ether oxygens (including phenoxy) is 1. The molecule has 3 rings (SSSR count). The van der Waals surface area contributed by atoms with E-state index >= 15 is 0 Å². The van der Waals surface area contributed by atoms with E-state index in [1.807, 2.05) is 60.7 Å². The maximum absolute atomic E-state index is 12.3. The van der Waals surface area contributed by atoms with Gasteiger partial charge in [0.1, 0.15) is 17.2 Å². The van der Waals surface area contributed by atoms with E-state index in [0.29, 0.717) is 11.4 Å². The summed E-state index contributed by atoms with van der Waals surface area (Å²) < 4.78 is 5.87. The fourth-order valence-electron chi connectivity index (χ4n) is 2.16. The maximum Gasteiger partial charge on any atom is 0.185 e. The Balaban J connectivity index is 1.81. The number of para-hydroxylation sites is 2. The van der Waals surface area contributed by atoms with E-state index in [1.54, 1.807) is 18.3 Å². The number of Topliss-reactive ketones (excluding diaryl/α,β-unsaturated/α-hetero) is 1. The zero-order valence-corrected chi connectivity index (χ0v) is 12.0. The van der Waals surface area contributed by atoms with Crippen LogP contribution < -0.4 is 4.74 Å². The van der Waals surface area contributed by atoms with Gasteiger partial charge in [-0.15, -0.1) is 0 Å². The third-order valence-electron chi connectivity index (χ3n) is 3.25. The van der Waals surface area contributed by atoms with Crippen LogP contribution in [0.4, 0.5) is 0 Å². The molecule has 0 aliphatic heterocycles. The summed E-state index contributed by atoms with van der Waals surface area (Å²) in [6, 6.07) is 22.4. The molecule has 3 heteroatoms. The van der Waals surface area contributed by atoms with Crippen molar-refractivity contribution in [1.29, 1.82) is 0 Å². The smallest absolute Gasteiger partial charge is 0.185 e. The summed E-state index contributed by atoms with van der Waals surface area (Å²) >= 11 is 0. The molecule has 0 radical (unpaired) electrons. The quantitative estimate of drug-likeness (QED) is 0.657. The van der Waals surface area contributed by atoms with Crippen molar-refractivity contribution in [2.24, 2.45) is 0 Å². The summed E-state index contributed by atoms with van der Waals surface area (Å²) in [6.45, 7) is 0. The van der Waals surface area contributed by atoms with Crippen LogP contribution in [0.15, 0.2) is 79.0 Å². The minimum absolute atomic E-state index is 0.0234. The van der Waals surface area contributed by atoms with Crippen molar-refractivity contribution in [2.45, 2.75) is 6.42 Å². The van der Waals surface area contributed by atoms with E-state index in [9.17, 15) is 4.79 Å². The average molecular weight is 289 g/mol. The second-order valence-corrected chi connectivity index (χ2v) is 4.84. The van der Waals surface area contributed by atoms with Crippen molar-refractivity contribution < 1.29 is 9.53 Å². The molecule has 0 amide bonds. The Kier molecular flexibility index (Phi) is 4.25. The van der Waals surface area contributed by atoms with Gasteiger partial charge in [0.2, 0.25) is 0 Å². The van der Waals surface area contributed by atoms with Gasteiger partial charge in [0.15, 0.2) is 5.78 Å². The van der Waals surface area contributed by atoms with Crippen LogP contribution in [-0.2, 0) is 6.42 Å². The topological polar surface area (TPSA) is 39.2 Å². The summed E-state index contributed by atoms with van der Waals surface area (Å²) in [5, 5.41) is 0. The number of pyridine rings is 1. The molecule has 0 spiro atoms. The minimum Gasteiger partial charge on any atom is -0.457 e. The summed E-state index contributed by atoms with van der Waals surface area (Å²) in [7, 11) is 0. The van der Waals surface area contributed by atoms with Gasteiger partial charge in [0.05, 0.1) is 0 Å². The Bertz CT molecular complexity index is 755. The highest BCUT2D eigenvalue weighted by Gasteiger charge is 2.12. The fraction of sp³-hybridized carbons (Fsp3) is 0.0526. The first kappa shape index (κ1) is 14.0. The molecular weight excluding hydrogens is 274 g/mol. The Hall–Kier alpha value is -2.94. The molecule has 0 fully saturated rings. The Labute approximate surface area is 129 Å². The third kappa shape index (κ3) is 3.38. The highest BCUT2D eigenvalue weighted by molar-refractivity contribution is 5.96. The molecule has 2 aromatic carbocycles. The molecule has 0 N–H and O–H groups in total. The van der Waals surface area contributed by atoms with Crippen molar-refractivity contribution in [1.82, 2.24) is 4.98 Å². The molecule has 0 saturated heterocycles. The molecular formula is C19H15NO2. The van der Waals surface area contributed by atoms with Gasteiger partial charge in [-0.25, -0.2) is 0 Å². The van der Waals surface area contributed by atoms with Gasteiger partial charge in [-0.1, -0.05) is 42.5 Å². The SMILES string of the molecule is O=C(Cc1ccccc1Oc1ccccc1)c1ccccn1. The van der Waals surface area contributed by atoms with Gasteiger partial charge in [-0.2, -0.15) is 0 Å². The van der Waals surface area contributed by atoms with E-state index < -0.39 is 0 Å². The van der Waals surface area contributed by atoms with Crippen LogP contribution in [0, 0.1) is 0 Å². The van der Waals surface area contributed by atoms with Gasteiger partial charge in [0, 0.05) is 18.2 Å². The van der Waals surface area contributed by atoms with Crippen LogP contribution in [0.3, 0.4) is 0 Å². The number of aromatic nitrogens is 1. The first-order valence-electron chi connectivity index (χ1n) is 7.08. The summed E-state index contributed by atoms with van der Waals surface area (Å²) in [6.07, 6.45) is 1.89. The van der Waals surface area contributed by atoms with Gasteiger partial charge < -0.3 is 4.74 Å². The fourth-order valence-corrected chi connectivity index (χ4v) is 2.16. The van der Waals surface area contributed by atoms with Gasteiger partial charge >= 0.3 is 0 Å². The van der Waals surface area contributed by atoms with Crippen molar-refractivity contribution in [3.8, 4) is 11.5 Å². The van der Waals surface area contributed by atoms with Crippen molar-refractivity contribution in [3.05, 3.63) is 90.3 Å². The van der Waals surface area contributed by atoms with E-state index in [2.05, 4.69) is 4.98 Å².